The largest absolute Gasteiger partial charge is 0.295 e. The van der Waals surface area contributed by atoms with Gasteiger partial charge in [-0.15, -0.1) is 0 Å². The topological polar surface area (TPSA) is 34.1 Å². The summed E-state index contributed by atoms with van der Waals surface area (Å²) in [4.78, 5) is 24.0. The zero-order chi connectivity index (χ0) is 31.5. The van der Waals surface area contributed by atoms with E-state index in [4.69, 9.17) is 0 Å². The Bertz CT molecular complexity index is 1270. The van der Waals surface area contributed by atoms with Crippen molar-refractivity contribution in [2.75, 3.05) is 0 Å². The molecule has 0 saturated heterocycles. The van der Waals surface area contributed by atoms with E-state index in [1.165, 1.54) is 22.3 Å². The summed E-state index contributed by atoms with van der Waals surface area (Å²) >= 11 is 0. The van der Waals surface area contributed by atoms with Gasteiger partial charge in [0.25, 0.3) is 0 Å². The lowest BCUT2D eigenvalue weighted by atomic mass is 9.84. The van der Waals surface area contributed by atoms with Crippen LogP contribution in [0, 0.1) is 10.8 Å². The van der Waals surface area contributed by atoms with Crippen molar-refractivity contribution in [2.45, 2.75) is 94.9 Å². The van der Waals surface area contributed by atoms with E-state index >= 15 is 0 Å². The number of ketones is 2. The maximum Gasteiger partial charge on any atom is 0.156 e. The molecule has 2 aliphatic carbocycles. The van der Waals surface area contributed by atoms with Crippen molar-refractivity contribution >= 4 is 11.6 Å². The molecule has 0 aliphatic heterocycles. The first-order valence-electron chi connectivity index (χ1n) is 15.2. The highest BCUT2D eigenvalue weighted by atomic mass is 16.1. The highest BCUT2D eigenvalue weighted by Crippen LogP contribution is 2.44. The molecule has 42 heavy (non-hydrogen) atoms. The monoisotopic (exact) mass is 564 g/mol. The van der Waals surface area contributed by atoms with E-state index in [1.54, 1.807) is 13.8 Å². The first-order valence-corrected chi connectivity index (χ1v) is 15.2. The van der Waals surface area contributed by atoms with Crippen molar-refractivity contribution in [2.24, 2.45) is 10.8 Å². The number of rotatable bonds is 12. The SMILES string of the molecule is CC(=O)C1=C(/C=C/C(C)=C/C=C/C(C)=C/C=C/C=C(C)/C=C/C=C(C)/C=C/C2=C(C(C)=O)CCC2(C)C)C(C)(C)CC1. The van der Waals surface area contributed by atoms with E-state index in [0.717, 1.165) is 48.0 Å². The van der Waals surface area contributed by atoms with Crippen LogP contribution in [0.3, 0.4) is 0 Å². The molecule has 0 fully saturated rings. The average molecular weight is 565 g/mol. The maximum absolute atomic E-state index is 12.0. The smallest absolute Gasteiger partial charge is 0.156 e. The van der Waals surface area contributed by atoms with Gasteiger partial charge in [-0.3, -0.25) is 9.59 Å². The zero-order valence-corrected chi connectivity index (χ0v) is 27.7. The lowest BCUT2D eigenvalue weighted by molar-refractivity contribution is -0.114. The average Bonchev–Trinajstić information content (AvgIpc) is 3.37. The number of carbonyl (C=O) groups is 2. The Morgan fingerprint density at radius 3 is 1.14 bits per heavy atom. The summed E-state index contributed by atoms with van der Waals surface area (Å²) in [6.07, 6.45) is 33.1. The lowest BCUT2D eigenvalue weighted by Gasteiger charge is -2.20. The number of allylic oxidation sites excluding steroid dienone is 22. The summed E-state index contributed by atoms with van der Waals surface area (Å²) in [6, 6.07) is 0. The van der Waals surface area contributed by atoms with Crippen LogP contribution in [0.1, 0.15) is 94.9 Å². The van der Waals surface area contributed by atoms with Gasteiger partial charge in [-0.25, -0.2) is 0 Å². The van der Waals surface area contributed by atoms with Gasteiger partial charge in [0.1, 0.15) is 0 Å². The van der Waals surface area contributed by atoms with Crippen LogP contribution in [0.4, 0.5) is 0 Å². The van der Waals surface area contributed by atoms with Crippen molar-refractivity contribution in [1.82, 2.24) is 0 Å². The fourth-order valence-corrected chi connectivity index (χ4v) is 5.38. The number of carbonyl (C=O) groups excluding carboxylic acids is 2. The van der Waals surface area contributed by atoms with Gasteiger partial charge < -0.3 is 0 Å². The number of Topliss-reactive ketones (excluding diaryl/α,β-unsaturated/α-hetero) is 2. The van der Waals surface area contributed by atoms with Gasteiger partial charge >= 0.3 is 0 Å². The summed E-state index contributed by atoms with van der Waals surface area (Å²) in [6.45, 7) is 20.6. The van der Waals surface area contributed by atoms with Gasteiger partial charge in [0, 0.05) is 0 Å². The van der Waals surface area contributed by atoms with E-state index in [-0.39, 0.29) is 22.4 Å². The van der Waals surface area contributed by atoms with Gasteiger partial charge in [0.15, 0.2) is 11.6 Å². The molecule has 0 N–H and O–H groups in total. The quantitative estimate of drug-likeness (QED) is 0.221. The Morgan fingerprint density at radius 1 is 0.500 bits per heavy atom. The van der Waals surface area contributed by atoms with Crippen molar-refractivity contribution < 1.29 is 9.59 Å². The Balaban J connectivity index is 1.93. The minimum absolute atomic E-state index is 0.0574. The predicted molar refractivity (Wildman–Crippen MR) is 182 cm³/mol. The van der Waals surface area contributed by atoms with Crippen LogP contribution in [0.5, 0.6) is 0 Å². The molecule has 0 aromatic carbocycles. The van der Waals surface area contributed by atoms with Crippen LogP contribution < -0.4 is 0 Å². The van der Waals surface area contributed by atoms with Crippen LogP contribution >= 0.6 is 0 Å². The molecule has 0 spiro atoms. The predicted octanol–water partition coefficient (Wildman–Crippen LogP) is 11.0. The summed E-state index contributed by atoms with van der Waals surface area (Å²) in [5.74, 6) is 0.387. The molecule has 0 amide bonds. The molecule has 0 radical (unpaired) electrons. The van der Waals surface area contributed by atoms with Crippen LogP contribution in [0.2, 0.25) is 0 Å². The van der Waals surface area contributed by atoms with E-state index < -0.39 is 0 Å². The molecule has 2 nitrogen and oxygen atoms in total. The van der Waals surface area contributed by atoms with E-state index in [1.807, 2.05) is 0 Å². The van der Waals surface area contributed by atoms with E-state index in [9.17, 15) is 9.59 Å². The van der Waals surface area contributed by atoms with Gasteiger partial charge in [0.05, 0.1) is 0 Å². The Kier molecular flexibility index (Phi) is 12.9. The molecule has 0 bridgehead atoms. The Labute approximate surface area is 256 Å². The van der Waals surface area contributed by atoms with Gasteiger partial charge in [-0.2, -0.15) is 0 Å². The molecule has 224 valence electrons. The van der Waals surface area contributed by atoms with Crippen LogP contribution in [-0.4, -0.2) is 11.6 Å². The third-order valence-electron chi connectivity index (χ3n) is 8.25. The fraction of sp³-hybridized carbons (Fsp3) is 0.400. The third-order valence-corrected chi connectivity index (χ3v) is 8.25. The molecule has 0 atom stereocenters. The summed E-state index contributed by atoms with van der Waals surface area (Å²) in [7, 11) is 0. The molecule has 0 aromatic rings. The Morgan fingerprint density at radius 2 is 0.810 bits per heavy atom. The standard InChI is InChI=1S/C40H52O2/c1-29(17-13-19-31(3)21-23-37-35(33(5)41)25-27-39(37,7)8)15-11-12-16-30(2)18-14-20-32(4)22-24-38-36(34(6)42)26-28-40(38,9)10/h11-24H,25-28H2,1-10H3/b12-11+,17-13+,18-14+,23-21+,24-22+,29-15+,30-16+,31-19+,32-20+. The van der Waals surface area contributed by atoms with E-state index in [2.05, 4.69) is 140 Å². The molecule has 2 heteroatoms. The fourth-order valence-electron chi connectivity index (χ4n) is 5.38. The summed E-state index contributed by atoms with van der Waals surface area (Å²) in [5.41, 5.74) is 9.07. The normalized spacial score (nSPS) is 20.7. The van der Waals surface area contributed by atoms with E-state index in [0.29, 0.717) is 0 Å². The second-order valence-electron chi connectivity index (χ2n) is 13.1. The summed E-state index contributed by atoms with van der Waals surface area (Å²) in [5, 5.41) is 0. The molecule has 0 saturated carbocycles. The van der Waals surface area contributed by atoms with Crippen molar-refractivity contribution in [3.8, 4) is 0 Å². The first kappa shape index (κ1) is 34.7. The molecular formula is C40H52O2. The van der Waals surface area contributed by atoms with Gasteiger partial charge in [-0.05, 0) is 100 Å². The molecular weight excluding hydrogens is 512 g/mol. The highest BCUT2D eigenvalue weighted by Gasteiger charge is 2.33. The second kappa shape index (κ2) is 15.6. The van der Waals surface area contributed by atoms with Crippen molar-refractivity contribution in [1.29, 1.82) is 0 Å². The molecule has 2 rings (SSSR count). The highest BCUT2D eigenvalue weighted by molar-refractivity contribution is 5.96. The minimum Gasteiger partial charge on any atom is -0.295 e. The minimum atomic E-state index is 0.0574. The lowest BCUT2D eigenvalue weighted by Crippen LogP contribution is -2.09. The second-order valence-corrected chi connectivity index (χ2v) is 13.1. The third kappa shape index (κ3) is 10.7. The molecule has 0 unspecified atom stereocenters. The van der Waals surface area contributed by atoms with Crippen LogP contribution in [0.15, 0.2) is 130 Å². The van der Waals surface area contributed by atoms with Crippen LogP contribution in [-0.2, 0) is 9.59 Å². The van der Waals surface area contributed by atoms with Gasteiger partial charge in [0.2, 0.25) is 0 Å². The Hall–Kier alpha value is -3.52. The molecule has 0 aromatic heterocycles. The van der Waals surface area contributed by atoms with Crippen molar-refractivity contribution in [3.63, 3.8) is 0 Å². The molecule has 2 aliphatic rings. The molecule has 0 heterocycles. The first-order chi connectivity index (χ1) is 19.6. The number of hydrogen-bond acceptors (Lipinski definition) is 2. The van der Waals surface area contributed by atoms with Crippen molar-refractivity contribution in [3.05, 3.63) is 130 Å². The van der Waals surface area contributed by atoms with Gasteiger partial charge in [-0.1, -0.05) is 135 Å². The van der Waals surface area contributed by atoms with Crippen LogP contribution in [0.25, 0.3) is 0 Å². The zero-order valence-electron chi connectivity index (χ0n) is 27.7. The number of hydrogen-bond donors (Lipinski definition) is 0. The summed E-state index contributed by atoms with van der Waals surface area (Å²) < 4.78 is 0. The maximum atomic E-state index is 12.0.